The Balaban J connectivity index is 2.04. The van der Waals surface area contributed by atoms with Crippen LogP contribution in [0.25, 0.3) is 0 Å². The highest BCUT2D eigenvalue weighted by Crippen LogP contribution is 2.42. The molecule has 0 bridgehead atoms. The molecule has 1 fully saturated rings. The second kappa shape index (κ2) is 5.96. The van der Waals surface area contributed by atoms with Crippen LogP contribution < -0.4 is 14.8 Å². The topological polar surface area (TPSA) is 47.6 Å². The molecule has 1 N–H and O–H groups in total. The average molecular weight is 289 g/mol. The minimum atomic E-state index is -0.0310. The van der Waals surface area contributed by atoms with E-state index in [2.05, 4.69) is 5.32 Å². The van der Waals surface area contributed by atoms with Gasteiger partial charge in [-0.3, -0.25) is 4.79 Å². The quantitative estimate of drug-likeness (QED) is 0.930. The van der Waals surface area contributed by atoms with E-state index in [-0.39, 0.29) is 5.91 Å². The largest absolute Gasteiger partial charge is 0.497 e. The van der Waals surface area contributed by atoms with Crippen LogP contribution in [0.4, 0.5) is 0 Å². The van der Waals surface area contributed by atoms with Gasteiger partial charge in [-0.15, -0.1) is 0 Å². The number of carbonyl (C=O) groups excluding carboxylic acids is 1. The van der Waals surface area contributed by atoms with Crippen LogP contribution in [0.15, 0.2) is 12.1 Å². The maximum absolute atomic E-state index is 12.3. The molecule has 1 saturated carbocycles. The van der Waals surface area contributed by atoms with Crippen molar-refractivity contribution in [2.45, 2.75) is 38.0 Å². The van der Waals surface area contributed by atoms with Crippen LogP contribution >= 0.6 is 0 Å². The molecule has 4 heteroatoms. The van der Waals surface area contributed by atoms with Crippen LogP contribution in [0.2, 0.25) is 0 Å². The third-order valence-corrected chi connectivity index (χ3v) is 4.89. The maximum Gasteiger partial charge on any atom is 0.255 e. The predicted molar refractivity (Wildman–Crippen MR) is 81.2 cm³/mol. The second-order valence-electron chi connectivity index (χ2n) is 6.01. The molecule has 1 aromatic rings. The molecule has 1 heterocycles. The van der Waals surface area contributed by atoms with Crippen LogP contribution in [-0.2, 0) is 0 Å². The van der Waals surface area contributed by atoms with E-state index in [1.54, 1.807) is 20.3 Å². The van der Waals surface area contributed by atoms with E-state index in [0.29, 0.717) is 23.1 Å². The van der Waals surface area contributed by atoms with Crippen LogP contribution in [0.3, 0.4) is 0 Å². The molecular formula is C17H23NO3. The number of hydrogen-bond acceptors (Lipinski definition) is 3. The number of methoxy groups -OCH3 is 2. The summed E-state index contributed by atoms with van der Waals surface area (Å²) in [5.41, 5.74) is 1.79. The summed E-state index contributed by atoms with van der Waals surface area (Å²) < 4.78 is 10.8. The number of nitrogens with one attached hydrogen (secondary N) is 1. The van der Waals surface area contributed by atoms with Crippen molar-refractivity contribution in [3.8, 4) is 11.5 Å². The molecule has 1 amide bonds. The second-order valence-corrected chi connectivity index (χ2v) is 6.01. The van der Waals surface area contributed by atoms with Crippen molar-refractivity contribution in [3.63, 3.8) is 0 Å². The van der Waals surface area contributed by atoms with Gasteiger partial charge in [-0.2, -0.15) is 0 Å². The molecule has 3 rings (SSSR count). The van der Waals surface area contributed by atoms with Gasteiger partial charge in [-0.05, 0) is 30.4 Å². The summed E-state index contributed by atoms with van der Waals surface area (Å²) in [6, 6.07) is 3.82. The van der Waals surface area contributed by atoms with Gasteiger partial charge in [-0.25, -0.2) is 0 Å². The zero-order valence-electron chi connectivity index (χ0n) is 12.8. The van der Waals surface area contributed by atoms with Gasteiger partial charge >= 0.3 is 0 Å². The summed E-state index contributed by atoms with van der Waals surface area (Å²) >= 11 is 0. The van der Waals surface area contributed by atoms with Crippen LogP contribution in [-0.4, -0.2) is 26.7 Å². The first kappa shape index (κ1) is 14.2. The van der Waals surface area contributed by atoms with E-state index in [0.717, 1.165) is 17.9 Å². The van der Waals surface area contributed by atoms with Gasteiger partial charge in [0.25, 0.3) is 5.91 Å². The fourth-order valence-corrected chi connectivity index (χ4v) is 3.78. The highest BCUT2D eigenvalue weighted by atomic mass is 16.5. The molecule has 0 radical (unpaired) electrons. The standard InChI is InChI=1S/C17H23NO3/c1-20-12-8-13-14(11-6-4-3-5-7-11)10-18-17(19)16(13)15(9-12)21-2/h8-9,11,14H,3-7,10H2,1-2H3,(H,18,19). The lowest BCUT2D eigenvalue weighted by molar-refractivity contribution is 0.0927. The van der Waals surface area contributed by atoms with E-state index in [1.165, 1.54) is 32.1 Å². The summed E-state index contributed by atoms with van der Waals surface area (Å²) in [4.78, 5) is 12.3. The van der Waals surface area contributed by atoms with Crippen LogP contribution in [0.5, 0.6) is 11.5 Å². The van der Waals surface area contributed by atoms with Crippen molar-refractivity contribution in [2.75, 3.05) is 20.8 Å². The summed E-state index contributed by atoms with van der Waals surface area (Å²) in [5.74, 6) is 2.37. The highest BCUT2D eigenvalue weighted by Gasteiger charge is 2.34. The Morgan fingerprint density at radius 1 is 1.10 bits per heavy atom. The van der Waals surface area contributed by atoms with E-state index >= 15 is 0 Å². The third kappa shape index (κ3) is 2.59. The summed E-state index contributed by atoms with van der Waals surface area (Å²) in [6.07, 6.45) is 6.43. The van der Waals surface area contributed by atoms with Crippen molar-refractivity contribution in [1.29, 1.82) is 0 Å². The van der Waals surface area contributed by atoms with Crippen molar-refractivity contribution < 1.29 is 14.3 Å². The van der Waals surface area contributed by atoms with Crippen molar-refractivity contribution in [3.05, 3.63) is 23.3 Å². The number of ether oxygens (including phenoxy) is 2. The molecule has 0 saturated heterocycles. The zero-order valence-corrected chi connectivity index (χ0v) is 12.8. The van der Waals surface area contributed by atoms with Gasteiger partial charge in [0.05, 0.1) is 19.8 Å². The number of amides is 1. The van der Waals surface area contributed by atoms with Gasteiger partial charge in [0.1, 0.15) is 11.5 Å². The molecule has 1 unspecified atom stereocenters. The Morgan fingerprint density at radius 2 is 1.86 bits per heavy atom. The number of carbonyl (C=O) groups is 1. The Morgan fingerprint density at radius 3 is 2.52 bits per heavy atom. The molecule has 1 aromatic carbocycles. The molecule has 21 heavy (non-hydrogen) atoms. The van der Waals surface area contributed by atoms with E-state index in [4.69, 9.17) is 9.47 Å². The number of rotatable bonds is 3. The first-order valence-corrected chi connectivity index (χ1v) is 7.78. The van der Waals surface area contributed by atoms with Gasteiger partial charge < -0.3 is 14.8 Å². The van der Waals surface area contributed by atoms with Gasteiger partial charge in [0.15, 0.2) is 0 Å². The predicted octanol–water partition coefficient (Wildman–Crippen LogP) is 3.11. The van der Waals surface area contributed by atoms with Gasteiger partial charge in [0, 0.05) is 18.5 Å². The molecule has 1 atom stereocenters. The first-order valence-electron chi connectivity index (χ1n) is 7.78. The fraction of sp³-hybridized carbons (Fsp3) is 0.588. The van der Waals surface area contributed by atoms with Gasteiger partial charge in [-0.1, -0.05) is 19.3 Å². The molecule has 1 aliphatic carbocycles. The highest BCUT2D eigenvalue weighted by molar-refractivity contribution is 6.00. The molecule has 0 aromatic heterocycles. The van der Waals surface area contributed by atoms with E-state index in [1.807, 2.05) is 6.07 Å². The Bertz CT molecular complexity index is 535. The van der Waals surface area contributed by atoms with E-state index < -0.39 is 0 Å². The number of hydrogen-bond donors (Lipinski definition) is 1. The number of benzene rings is 1. The summed E-state index contributed by atoms with van der Waals surface area (Å²) in [6.45, 7) is 0.729. The number of fused-ring (bicyclic) bond motifs is 1. The molecule has 114 valence electrons. The molecule has 4 nitrogen and oxygen atoms in total. The first-order chi connectivity index (χ1) is 10.2. The van der Waals surface area contributed by atoms with Crippen LogP contribution in [0.1, 0.15) is 53.9 Å². The normalized spacial score (nSPS) is 22.4. The molecule has 0 spiro atoms. The Kier molecular flexibility index (Phi) is 4.04. The monoisotopic (exact) mass is 289 g/mol. The molecule has 1 aliphatic heterocycles. The van der Waals surface area contributed by atoms with Crippen LogP contribution in [0, 0.1) is 5.92 Å². The van der Waals surface area contributed by atoms with E-state index in [9.17, 15) is 4.79 Å². The molecular weight excluding hydrogens is 266 g/mol. The summed E-state index contributed by atoms with van der Waals surface area (Å²) in [7, 11) is 3.26. The van der Waals surface area contributed by atoms with Crippen molar-refractivity contribution in [1.82, 2.24) is 5.32 Å². The lowest BCUT2D eigenvalue weighted by atomic mass is 9.74. The maximum atomic E-state index is 12.3. The average Bonchev–Trinajstić information content (AvgIpc) is 2.55. The lowest BCUT2D eigenvalue weighted by Crippen LogP contribution is -2.38. The third-order valence-electron chi connectivity index (χ3n) is 4.89. The fourth-order valence-electron chi connectivity index (χ4n) is 3.78. The summed E-state index contributed by atoms with van der Waals surface area (Å²) in [5, 5.41) is 3.04. The van der Waals surface area contributed by atoms with Gasteiger partial charge in [0.2, 0.25) is 0 Å². The lowest BCUT2D eigenvalue weighted by Gasteiger charge is -2.35. The molecule has 2 aliphatic rings. The van der Waals surface area contributed by atoms with Crippen molar-refractivity contribution in [2.24, 2.45) is 5.92 Å². The van der Waals surface area contributed by atoms with Crippen molar-refractivity contribution >= 4 is 5.91 Å². The Labute approximate surface area is 125 Å². The smallest absolute Gasteiger partial charge is 0.255 e. The SMILES string of the molecule is COc1cc(OC)c2c(c1)C(C1CCCCC1)CNC2=O. The minimum absolute atomic E-state index is 0.0310. The minimum Gasteiger partial charge on any atom is -0.497 e. The zero-order chi connectivity index (χ0) is 14.8. The Hall–Kier alpha value is -1.71.